The number of benzene rings is 4. The van der Waals surface area contributed by atoms with Gasteiger partial charge >= 0.3 is 0 Å². The van der Waals surface area contributed by atoms with E-state index < -0.39 is 0 Å². The predicted molar refractivity (Wildman–Crippen MR) is 243 cm³/mol. The van der Waals surface area contributed by atoms with Crippen molar-refractivity contribution in [3.63, 3.8) is 0 Å². The van der Waals surface area contributed by atoms with Gasteiger partial charge in [-0.05, 0) is 159 Å². The highest BCUT2D eigenvalue weighted by molar-refractivity contribution is 7.98. The lowest BCUT2D eigenvalue weighted by Crippen LogP contribution is -1.94. The highest BCUT2D eigenvalue weighted by Crippen LogP contribution is 2.39. The minimum Gasteiger partial charge on any atom is -0.355 e. The van der Waals surface area contributed by atoms with E-state index in [9.17, 15) is 0 Å². The van der Waals surface area contributed by atoms with Crippen LogP contribution in [0.2, 0.25) is 0 Å². The lowest BCUT2D eigenvalue weighted by molar-refractivity contribution is 1.26. The minimum atomic E-state index is 0.888. The molecule has 0 aliphatic carbocycles. The predicted octanol–water partition coefficient (Wildman–Crippen LogP) is 13.3. The van der Waals surface area contributed by atoms with Crippen LogP contribution in [0, 0.1) is 46.5 Å². The van der Waals surface area contributed by atoms with Crippen molar-refractivity contribution in [2.24, 2.45) is 0 Å². The highest BCUT2D eigenvalue weighted by Gasteiger charge is 2.19. The molecule has 5 heteroatoms. The first-order valence-electron chi connectivity index (χ1n) is 19.3. The summed E-state index contributed by atoms with van der Waals surface area (Å²) in [6, 6.07) is 38.8. The van der Waals surface area contributed by atoms with E-state index in [4.69, 9.17) is 9.97 Å². The van der Waals surface area contributed by atoms with Gasteiger partial charge in [0, 0.05) is 54.8 Å². The largest absolute Gasteiger partial charge is 0.355 e. The third-order valence-corrected chi connectivity index (χ3v) is 11.6. The van der Waals surface area contributed by atoms with Crippen LogP contribution in [0.15, 0.2) is 114 Å². The third-order valence-electron chi connectivity index (χ3n) is 10.9. The summed E-state index contributed by atoms with van der Waals surface area (Å²) in [4.78, 5) is 19.7. The first-order valence-corrected chi connectivity index (χ1v) is 20.5. The molecule has 5 heterocycles. The fourth-order valence-corrected chi connectivity index (χ4v) is 8.46. The van der Waals surface area contributed by atoms with Crippen molar-refractivity contribution < 1.29 is 0 Å². The summed E-state index contributed by atoms with van der Waals surface area (Å²) in [5.41, 5.74) is 22.1. The summed E-state index contributed by atoms with van der Waals surface area (Å²) >= 11 is 1.74. The molecule has 0 unspecified atom stereocenters. The van der Waals surface area contributed by atoms with E-state index in [0.717, 1.165) is 89.4 Å². The Hall–Kier alpha value is -6.61. The van der Waals surface area contributed by atoms with Gasteiger partial charge in [0.15, 0.2) is 0 Å². The molecule has 7 aromatic rings. The molecule has 2 aliphatic heterocycles. The van der Waals surface area contributed by atoms with Crippen LogP contribution in [0.3, 0.4) is 0 Å². The molecular formula is C52H42N4S. The molecule has 276 valence electrons. The number of aryl methyl sites for hydroxylation is 5. The number of hydrogen-bond acceptors (Lipinski definition) is 3. The first kappa shape index (κ1) is 36.1. The quantitative estimate of drug-likeness (QED) is 0.139. The number of rotatable bonds is 4. The monoisotopic (exact) mass is 754 g/mol. The Morgan fingerprint density at radius 1 is 0.439 bits per heavy atom. The Balaban J connectivity index is 1.33. The Morgan fingerprint density at radius 2 is 0.877 bits per heavy atom. The van der Waals surface area contributed by atoms with Gasteiger partial charge in [0.05, 0.1) is 22.8 Å². The van der Waals surface area contributed by atoms with E-state index in [1.54, 1.807) is 11.8 Å². The Morgan fingerprint density at radius 3 is 1.44 bits per heavy atom. The topological polar surface area (TPSA) is 57.4 Å². The normalized spacial score (nSPS) is 11.8. The molecule has 8 bridgehead atoms. The van der Waals surface area contributed by atoms with Crippen LogP contribution in [0.25, 0.3) is 79.8 Å². The van der Waals surface area contributed by atoms with Gasteiger partial charge in [0.1, 0.15) is 0 Å². The molecule has 0 spiro atoms. The van der Waals surface area contributed by atoms with Gasteiger partial charge in [-0.2, -0.15) is 0 Å². The second-order valence-electron chi connectivity index (χ2n) is 14.9. The van der Waals surface area contributed by atoms with Gasteiger partial charge in [0.25, 0.3) is 0 Å². The number of aromatic amines is 2. The second kappa shape index (κ2) is 14.8. The van der Waals surface area contributed by atoms with Crippen LogP contribution in [0.4, 0.5) is 0 Å². The summed E-state index contributed by atoms with van der Waals surface area (Å²) in [7, 11) is 0. The van der Waals surface area contributed by atoms with E-state index >= 15 is 0 Å². The zero-order chi connectivity index (χ0) is 39.2. The van der Waals surface area contributed by atoms with Gasteiger partial charge in [-0.15, -0.1) is 11.8 Å². The molecule has 0 radical (unpaired) electrons. The van der Waals surface area contributed by atoms with E-state index in [2.05, 4.69) is 196 Å². The van der Waals surface area contributed by atoms with E-state index in [1.165, 1.54) is 32.7 Å². The molecule has 3 aromatic heterocycles. The van der Waals surface area contributed by atoms with Crippen LogP contribution in [-0.4, -0.2) is 26.2 Å². The molecule has 2 aliphatic rings. The lowest BCUT2D eigenvalue weighted by atomic mass is 9.92. The van der Waals surface area contributed by atoms with Crippen molar-refractivity contribution >= 4 is 58.1 Å². The van der Waals surface area contributed by atoms with Crippen LogP contribution in [-0.2, 0) is 0 Å². The maximum Gasteiger partial charge on any atom is 0.0737 e. The average molecular weight is 755 g/mol. The molecule has 57 heavy (non-hydrogen) atoms. The molecule has 0 saturated carbocycles. The molecule has 9 rings (SSSR count). The molecule has 4 nitrogen and oxygen atoms in total. The number of fused-ring (bicyclic) bond motifs is 8. The number of thioether (sulfide) groups is 1. The maximum atomic E-state index is 5.44. The van der Waals surface area contributed by atoms with E-state index in [1.807, 2.05) is 0 Å². The van der Waals surface area contributed by atoms with Crippen molar-refractivity contribution in [2.45, 2.75) is 39.5 Å². The zero-order valence-corrected chi connectivity index (χ0v) is 33.8. The van der Waals surface area contributed by atoms with Gasteiger partial charge in [0.2, 0.25) is 0 Å². The van der Waals surface area contributed by atoms with E-state index in [0.29, 0.717) is 0 Å². The van der Waals surface area contributed by atoms with Crippen LogP contribution in [0.1, 0.15) is 61.7 Å². The van der Waals surface area contributed by atoms with Crippen molar-refractivity contribution in [1.82, 2.24) is 19.9 Å². The second-order valence-corrected chi connectivity index (χ2v) is 15.8. The summed E-state index contributed by atoms with van der Waals surface area (Å²) in [5, 5.41) is 0. The summed E-state index contributed by atoms with van der Waals surface area (Å²) in [6.45, 7) is 10.8. The number of nitrogens with one attached hydrogen (secondary N) is 2. The zero-order valence-electron chi connectivity index (χ0n) is 33.0. The van der Waals surface area contributed by atoms with Gasteiger partial charge in [-0.25, -0.2) is 9.97 Å². The molecular weight excluding hydrogens is 713 g/mol. The van der Waals surface area contributed by atoms with Gasteiger partial charge < -0.3 is 9.97 Å². The maximum absolute atomic E-state index is 5.44. The number of hydrogen-bond donors (Lipinski definition) is 2. The average Bonchev–Trinajstić information content (AvgIpc) is 4.06. The summed E-state index contributed by atoms with van der Waals surface area (Å²) in [5.74, 6) is 6.67. The fraction of sp³-hybridized carbons (Fsp3) is 0.115. The van der Waals surface area contributed by atoms with Gasteiger partial charge in [-0.3, -0.25) is 0 Å². The molecule has 0 amide bonds. The minimum absolute atomic E-state index is 0.888. The lowest BCUT2D eigenvalue weighted by Gasteiger charge is -2.13. The Kier molecular flexibility index (Phi) is 9.36. The number of H-pyrrole nitrogens is 2. The summed E-state index contributed by atoms with van der Waals surface area (Å²) in [6.07, 6.45) is 10.7. The third kappa shape index (κ3) is 6.94. The molecule has 0 saturated heterocycles. The molecule has 2 N–H and O–H groups in total. The van der Waals surface area contributed by atoms with Crippen LogP contribution in [0.5, 0.6) is 0 Å². The smallest absolute Gasteiger partial charge is 0.0737 e. The van der Waals surface area contributed by atoms with Crippen LogP contribution >= 0.6 is 11.8 Å². The van der Waals surface area contributed by atoms with E-state index in [-0.39, 0.29) is 0 Å². The summed E-state index contributed by atoms with van der Waals surface area (Å²) < 4.78 is 0. The van der Waals surface area contributed by atoms with Crippen molar-refractivity contribution in [3.05, 3.63) is 171 Å². The molecule has 0 atom stereocenters. The number of aromatic nitrogens is 4. The standard InChI is InChI=1S/C52H42N4S/c1-31-7-9-36(10-8-31)11-12-37-13-15-38(16-14-37)50-43-23-21-41(53-43)35(5)42-22-24-47(54-42)52(49-33(3)29-32(2)30-34(49)4)48-28-27-46(56-48)51(45-26-25-44(50)55-45)39-17-19-40(57-6)20-18-39/h7-10,13-30,53,56H,1-6H3. The molecule has 4 aromatic carbocycles. The SMILES string of the molecule is CSc1ccc(-c2c3nc(c(-c4ccc(C#Cc5ccc(C)cc5)cc4)c4ccc([nH]4)c(C)c4nc(c(-c5c(C)cc(C)cc5C)c5ccc2[nH]5)C=C4)C=C3)cc1. The van der Waals surface area contributed by atoms with Crippen molar-refractivity contribution in [3.8, 4) is 45.2 Å². The van der Waals surface area contributed by atoms with Crippen molar-refractivity contribution in [2.75, 3.05) is 6.26 Å². The van der Waals surface area contributed by atoms with Crippen LogP contribution < -0.4 is 0 Å². The number of nitrogens with zero attached hydrogens (tertiary/aromatic N) is 2. The van der Waals surface area contributed by atoms with Gasteiger partial charge in [-0.1, -0.05) is 71.5 Å². The fourth-order valence-electron chi connectivity index (χ4n) is 8.05. The Bertz CT molecular complexity index is 2990. The highest BCUT2D eigenvalue weighted by atomic mass is 32.2. The first-order chi connectivity index (χ1) is 27.7. The Labute approximate surface area is 338 Å². The van der Waals surface area contributed by atoms with Crippen molar-refractivity contribution in [1.29, 1.82) is 0 Å². The molecule has 0 fully saturated rings.